The van der Waals surface area contributed by atoms with Gasteiger partial charge in [-0.15, -0.1) is 13.2 Å². The van der Waals surface area contributed by atoms with E-state index in [1.807, 2.05) is 18.2 Å². The molecule has 0 aliphatic heterocycles. The molecule has 4 rings (SSSR count). The van der Waals surface area contributed by atoms with E-state index in [4.69, 9.17) is 4.74 Å². The molecule has 0 saturated heterocycles. The van der Waals surface area contributed by atoms with E-state index in [1.54, 1.807) is 18.3 Å². The number of alkyl halides is 3. The van der Waals surface area contributed by atoms with Gasteiger partial charge in [0.15, 0.2) is 0 Å². The van der Waals surface area contributed by atoms with Crippen LogP contribution in [-0.2, 0) is 0 Å². The maximum absolute atomic E-state index is 12.4. The Balaban J connectivity index is 1.40. The highest BCUT2D eigenvalue weighted by atomic mass is 19.4. The van der Waals surface area contributed by atoms with Crippen LogP contribution in [0.1, 0.15) is 37.2 Å². The first kappa shape index (κ1) is 22.4. The molecule has 172 valence electrons. The van der Waals surface area contributed by atoms with Gasteiger partial charge in [0, 0.05) is 11.9 Å². The number of rotatable bonds is 6. The average Bonchev–Trinajstić information content (AvgIpc) is 3.31. The second-order valence-electron chi connectivity index (χ2n) is 7.66. The normalized spacial score (nSPS) is 14.0. The van der Waals surface area contributed by atoms with E-state index in [9.17, 15) is 18.0 Å². The minimum absolute atomic E-state index is 0.227. The van der Waals surface area contributed by atoms with E-state index < -0.39 is 12.4 Å². The van der Waals surface area contributed by atoms with Crippen LogP contribution in [0.15, 0.2) is 66.9 Å². The maximum Gasteiger partial charge on any atom is 0.573 e. The number of nitrogens with zero attached hydrogens (tertiary/aromatic N) is 1. The molecule has 1 aliphatic rings. The molecule has 1 aliphatic carbocycles. The number of anilines is 2. The first-order valence-electron chi connectivity index (χ1n) is 10.5. The Morgan fingerprint density at radius 2 is 1.70 bits per heavy atom. The zero-order valence-corrected chi connectivity index (χ0v) is 17.6. The highest BCUT2D eigenvalue weighted by molar-refractivity contribution is 6.00. The number of pyridine rings is 1. The lowest BCUT2D eigenvalue weighted by molar-refractivity contribution is -0.274. The SMILES string of the molecule is O=C(Nc1ccc(OC(F)(F)F)cc1)Nc1cccnc1Oc1cccc(C2CCCC2)c1. The van der Waals surface area contributed by atoms with Crippen LogP contribution in [0.25, 0.3) is 0 Å². The number of hydrogen-bond donors (Lipinski definition) is 2. The standard InChI is InChI=1S/C24H22F3N3O3/c25-24(26,27)33-19-12-10-18(11-13-19)29-23(31)30-21-9-4-14-28-22(21)32-20-8-3-7-17(15-20)16-5-1-2-6-16/h3-4,7-16H,1-2,5-6H2,(H2,29,30,31). The molecular formula is C24H22F3N3O3. The van der Waals surface area contributed by atoms with Crippen molar-refractivity contribution < 1.29 is 27.4 Å². The monoisotopic (exact) mass is 457 g/mol. The third-order valence-electron chi connectivity index (χ3n) is 5.26. The fourth-order valence-corrected chi connectivity index (χ4v) is 3.79. The molecule has 1 heterocycles. The van der Waals surface area contributed by atoms with Crippen molar-refractivity contribution in [3.63, 3.8) is 0 Å². The second kappa shape index (κ2) is 9.81. The third kappa shape index (κ3) is 6.38. The van der Waals surface area contributed by atoms with Crippen molar-refractivity contribution in [3.8, 4) is 17.4 Å². The molecule has 0 bridgehead atoms. The number of hydrogen-bond acceptors (Lipinski definition) is 4. The zero-order chi connectivity index (χ0) is 23.3. The largest absolute Gasteiger partial charge is 0.573 e. The van der Waals surface area contributed by atoms with Gasteiger partial charge in [0.2, 0.25) is 5.88 Å². The van der Waals surface area contributed by atoms with E-state index in [2.05, 4.69) is 26.4 Å². The fraction of sp³-hybridized carbons (Fsp3) is 0.250. The molecule has 6 nitrogen and oxygen atoms in total. The van der Waals surface area contributed by atoms with Crippen molar-refractivity contribution in [3.05, 3.63) is 72.4 Å². The number of halogens is 3. The highest BCUT2D eigenvalue weighted by Crippen LogP contribution is 2.36. The van der Waals surface area contributed by atoms with Crippen molar-refractivity contribution in [2.75, 3.05) is 10.6 Å². The minimum Gasteiger partial charge on any atom is -0.437 e. The number of carbonyl (C=O) groups is 1. The highest BCUT2D eigenvalue weighted by Gasteiger charge is 2.31. The van der Waals surface area contributed by atoms with Crippen LogP contribution in [-0.4, -0.2) is 17.4 Å². The van der Waals surface area contributed by atoms with E-state index >= 15 is 0 Å². The van der Waals surface area contributed by atoms with Crippen molar-refractivity contribution in [1.29, 1.82) is 0 Å². The van der Waals surface area contributed by atoms with E-state index in [0.717, 1.165) is 12.1 Å². The van der Waals surface area contributed by atoms with E-state index in [0.29, 0.717) is 17.4 Å². The Kier molecular flexibility index (Phi) is 6.67. The van der Waals surface area contributed by atoms with Crippen molar-refractivity contribution >= 4 is 17.4 Å². The number of urea groups is 1. The van der Waals surface area contributed by atoms with Crippen LogP contribution in [0, 0.1) is 0 Å². The summed E-state index contributed by atoms with van der Waals surface area (Å²) in [5.74, 6) is 1.01. The average molecular weight is 457 g/mol. The summed E-state index contributed by atoms with van der Waals surface area (Å²) in [5, 5.41) is 5.20. The van der Waals surface area contributed by atoms with Gasteiger partial charge in [-0.25, -0.2) is 9.78 Å². The van der Waals surface area contributed by atoms with Crippen LogP contribution in [0.5, 0.6) is 17.4 Å². The van der Waals surface area contributed by atoms with Gasteiger partial charge in [0.25, 0.3) is 0 Å². The number of benzene rings is 2. The van der Waals surface area contributed by atoms with Gasteiger partial charge in [-0.1, -0.05) is 25.0 Å². The molecule has 0 unspecified atom stereocenters. The van der Waals surface area contributed by atoms with Gasteiger partial charge in [-0.2, -0.15) is 0 Å². The molecule has 2 aromatic carbocycles. The quantitative estimate of drug-likeness (QED) is 0.415. The number of nitrogens with one attached hydrogen (secondary N) is 2. The molecule has 0 radical (unpaired) electrons. The Labute approximate surface area is 188 Å². The summed E-state index contributed by atoms with van der Waals surface area (Å²) in [7, 11) is 0. The Morgan fingerprint density at radius 3 is 2.42 bits per heavy atom. The summed E-state index contributed by atoms with van der Waals surface area (Å²) in [5.41, 5.74) is 1.86. The summed E-state index contributed by atoms with van der Waals surface area (Å²) in [4.78, 5) is 16.6. The molecule has 3 aromatic rings. The summed E-state index contributed by atoms with van der Waals surface area (Å²) in [6.07, 6.45) is 1.58. The predicted molar refractivity (Wildman–Crippen MR) is 118 cm³/mol. The molecule has 1 aromatic heterocycles. The van der Waals surface area contributed by atoms with Gasteiger partial charge in [-0.05, 0) is 72.9 Å². The Hall–Kier alpha value is -3.75. The van der Waals surface area contributed by atoms with Crippen LogP contribution in [0.4, 0.5) is 29.3 Å². The lowest BCUT2D eigenvalue weighted by Crippen LogP contribution is -2.20. The summed E-state index contributed by atoms with van der Waals surface area (Å²) in [6.45, 7) is 0. The van der Waals surface area contributed by atoms with Crippen LogP contribution in [0.2, 0.25) is 0 Å². The predicted octanol–water partition coefficient (Wildman–Crippen LogP) is 7.07. The van der Waals surface area contributed by atoms with E-state index in [-0.39, 0.29) is 17.3 Å². The molecular weight excluding hydrogens is 435 g/mol. The van der Waals surface area contributed by atoms with Crippen molar-refractivity contribution in [2.45, 2.75) is 38.0 Å². The zero-order valence-electron chi connectivity index (χ0n) is 17.6. The Morgan fingerprint density at radius 1 is 0.939 bits per heavy atom. The number of aromatic nitrogens is 1. The topological polar surface area (TPSA) is 72.5 Å². The summed E-state index contributed by atoms with van der Waals surface area (Å²) >= 11 is 0. The molecule has 1 saturated carbocycles. The first-order valence-corrected chi connectivity index (χ1v) is 10.5. The van der Waals surface area contributed by atoms with Gasteiger partial charge >= 0.3 is 12.4 Å². The number of ether oxygens (including phenoxy) is 2. The van der Waals surface area contributed by atoms with Crippen molar-refractivity contribution in [2.24, 2.45) is 0 Å². The van der Waals surface area contributed by atoms with Gasteiger partial charge in [0.05, 0.1) is 0 Å². The van der Waals surface area contributed by atoms with Gasteiger partial charge in [0.1, 0.15) is 17.2 Å². The van der Waals surface area contributed by atoms with Crippen LogP contribution >= 0.6 is 0 Å². The van der Waals surface area contributed by atoms with E-state index in [1.165, 1.54) is 43.4 Å². The van der Waals surface area contributed by atoms with Crippen LogP contribution < -0.4 is 20.1 Å². The molecule has 1 fully saturated rings. The Bertz CT molecular complexity index is 1100. The fourth-order valence-electron chi connectivity index (χ4n) is 3.79. The lowest BCUT2D eigenvalue weighted by Gasteiger charge is -2.14. The molecule has 0 spiro atoms. The van der Waals surface area contributed by atoms with Crippen LogP contribution in [0.3, 0.4) is 0 Å². The van der Waals surface area contributed by atoms with Gasteiger partial charge in [-0.3, -0.25) is 0 Å². The third-order valence-corrected chi connectivity index (χ3v) is 5.26. The molecule has 2 amide bonds. The minimum atomic E-state index is -4.78. The molecule has 9 heteroatoms. The number of carbonyl (C=O) groups excluding carboxylic acids is 1. The van der Waals surface area contributed by atoms with Gasteiger partial charge < -0.3 is 20.1 Å². The lowest BCUT2D eigenvalue weighted by atomic mass is 9.98. The molecule has 2 N–H and O–H groups in total. The second-order valence-corrected chi connectivity index (χ2v) is 7.66. The summed E-state index contributed by atoms with van der Waals surface area (Å²) in [6, 6.07) is 15.4. The molecule has 0 atom stereocenters. The molecule has 33 heavy (non-hydrogen) atoms. The first-order chi connectivity index (χ1) is 15.9. The maximum atomic E-state index is 12.4. The number of amides is 2. The summed E-state index contributed by atoms with van der Waals surface area (Å²) < 4.78 is 46.6. The smallest absolute Gasteiger partial charge is 0.437 e. The van der Waals surface area contributed by atoms with Crippen molar-refractivity contribution in [1.82, 2.24) is 4.98 Å².